The maximum Gasteiger partial charge on any atom is 0.433 e. The molecule has 0 amide bonds. The van der Waals surface area contributed by atoms with Crippen LogP contribution in [0.5, 0.6) is 0 Å². The molecule has 0 radical (unpaired) electrons. The zero-order valence-corrected chi connectivity index (χ0v) is 10.6. The van der Waals surface area contributed by atoms with Gasteiger partial charge in [0.05, 0.1) is 18.9 Å². The summed E-state index contributed by atoms with van der Waals surface area (Å²) in [7, 11) is 0. The van der Waals surface area contributed by atoms with E-state index in [9.17, 15) is 25.1 Å². The van der Waals surface area contributed by atoms with Gasteiger partial charge in [-0.25, -0.2) is 0 Å². The molecule has 0 saturated heterocycles. The van der Waals surface area contributed by atoms with Crippen molar-refractivity contribution in [3.05, 3.63) is 28.0 Å². The van der Waals surface area contributed by atoms with Crippen LogP contribution in [0.25, 0.3) is 0 Å². The Labute approximate surface area is 118 Å². The monoisotopic (exact) mass is 302 g/mol. The summed E-state index contributed by atoms with van der Waals surface area (Å²) in [6.45, 7) is -0.808. The van der Waals surface area contributed by atoms with Gasteiger partial charge in [-0.3, -0.25) is 15.1 Å². The number of aldehydes is 1. The Bertz CT molecular complexity index is 514. The lowest BCUT2D eigenvalue weighted by Crippen LogP contribution is -2.45. The molecule has 1 aromatic heterocycles. The summed E-state index contributed by atoms with van der Waals surface area (Å²) < 4.78 is 4.75. The summed E-state index contributed by atoms with van der Waals surface area (Å²) >= 11 is 0. The summed E-state index contributed by atoms with van der Waals surface area (Å²) in [5.41, 5.74) is 0. The topological polar surface area (TPSA) is 167 Å². The SMILES string of the molecule is O=C[C@H](N=Cc1ccc([N+](=O)[O-])o1)[C@@H](O)[C@H](O)[C@H](O)CO. The molecule has 21 heavy (non-hydrogen) atoms. The minimum atomic E-state index is -1.78. The van der Waals surface area contributed by atoms with E-state index in [2.05, 4.69) is 4.99 Å². The summed E-state index contributed by atoms with van der Waals surface area (Å²) in [5, 5.41) is 47.3. The van der Waals surface area contributed by atoms with E-state index in [0.717, 1.165) is 12.3 Å². The highest BCUT2D eigenvalue weighted by Gasteiger charge is 2.30. The van der Waals surface area contributed by atoms with Crippen LogP contribution in [0.3, 0.4) is 0 Å². The summed E-state index contributed by atoms with van der Waals surface area (Å²) in [6, 6.07) is 0.873. The first-order chi connectivity index (χ1) is 9.90. The van der Waals surface area contributed by atoms with Crippen molar-refractivity contribution in [3.63, 3.8) is 0 Å². The number of aliphatic hydroxyl groups excluding tert-OH is 4. The zero-order valence-electron chi connectivity index (χ0n) is 10.6. The van der Waals surface area contributed by atoms with E-state index in [1.54, 1.807) is 0 Å². The first-order valence-corrected chi connectivity index (χ1v) is 5.78. The predicted molar refractivity (Wildman–Crippen MR) is 67.9 cm³/mol. The first kappa shape index (κ1) is 16.9. The highest BCUT2D eigenvalue weighted by atomic mass is 16.6. The van der Waals surface area contributed by atoms with E-state index in [0.29, 0.717) is 0 Å². The number of hydrogen-bond donors (Lipinski definition) is 4. The second kappa shape index (κ2) is 7.59. The molecule has 0 aromatic carbocycles. The molecule has 0 bridgehead atoms. The molecule has 0 saturated carbocycles. The molecule has 0 aliphatic rings. The molecule has 116 valence electrons. The van der Waals surface area contributed by atoms with Crippen molar-refractivity contribution in [1.82, 2.24) is 0 Å². The van der Waals surface area contributed by atoms with Gasteiger partial charge >= 0.3 is 5.88 Å². The fraction of sp³-hybridized carbons (Fsp3) is 0.455. The van der Waals surface area contributed by atoms with E-state index in [1.165, 1.54) is 6.07 Å². The van der Waals surface area contributed by atoms with Gasteiger partial charge < -0.3 is 29.6 Å². The number of carbonyl (C=O) groups excluding carboxylic acids is 1. The normalized spacial score (nSPS) is 17.3. The van der Waals surface area contributed by atoms with Crippen LogP contribution in [0.2, 0.25) is 0 Å². The lowest BCUT2D eigenvalue weighted by Gasteiger charge is -2.23. The van der Waals surface area contributed by atoms with Crippen molar-refractivity contribution in [2.24, 2.45) is 4.99 Å². The van der Waals surface area contributed by atoms with Crippen LogP contribution in [0.15, 0.2) is 21.5 Å². The molecule has 4 N–H and O–H groups in total. The minimum Gasteiger partial charge on any atom is -0.400 e. The Morgan fingerprint density at radius 2 is 2.00 bits per heavy atom. The third kappa shape index (κ3) is 4.43. The molecule has 0 aliphatic carbocycles. The lowest BCUT2D eigenvalue weighted by molar-refractivity contribution is -0.402. The Kier molecular flexibility index (Phi) is 6.11. The molecule has 10 heteroatoms. The Hall–Kier alpha value is -2.14. The molecule has 0 unspecified atom stereocenters. The lowest BCUT2D eigenvalue weighted by atomic mass is 10.0. The van der Waals surface area contributed by atoms with Crippen molar-refractivity contribution in [3.8, 4) is 0 Å². The van der Waals surface area contributed by atoms with Crippen LogP contribution in [0, 0.1) is 10.1 Å². The Morgan fingerprint density at radius 1 is 1.33 bits per heavy atom. The number of furan rings is 1. The highest BCUT2D eigenvalue weighted by molar-refractivity contribution is 5.78. The number of aliphatic hydroxyl groups is 4. The van der Waals surface area contributed by atoms with E-state index in [4.69, 9.17) is 14.6 Å². The van der Waals surface area contributed by atoms with Gasteiger partial charge in [0.1, 0.15) is 35.6 Å². The average molecular weight is 302 g/mol. The van der Waals surface area contributed by atoms with Gasteiger partial charge in [-0.15, -0.1) is 0 Å². The molecule has 10 nitrogen and oxygen atoms in total. The van der Waals surface area contributed by atoms with Crippen molar-refractivity contribution in [2.75, 3.05) is 6.61 Å². The summed E-state index contributed by atoms with van der Waals surface area (Å²) in [4.78, 5) is 24.1. The van der Waals surface area contributed by atoms with Crippen LogP contribution < -0.4 is 0 Å². The maximum absolute atomic E-state index is 10.8. The van der Waals surface area contributed by atoms with Gasteiger partial charge in [-0.2, -0.15) is 0 Å². The standard InChI is InChI=1S/C11H14N2O8/c14-4-7(10(17)11(18)8(16)5-15)12-3-6-1-2-9(21-6)13(19)20/h1-4,7-8,10-11,15-18H,5H2/t7-,8+,10+,11+/m0/s1. The number of aliphatic imine (C=N–C) groups is 1. The first-order valence-electron chi connectivity index (χ1n) is 5.78. The molecule has 0 spiro atoms. The largest absolute Gasteiger partial charge is 0.433 e. The van der Waals surface area contributed by atoms with E-state index in [-0.39, 0.29) is 12.0 Å². The molecule has 1 rings (SSSR count). The molecular weight excluding hydrogens is 288 g/mol. The molecule has 1 aromatic rings. The Balaban J connectivity index is 2.78. The number of hydrogen-bond acceptors (Lipinski definition) is 9. The molecule has 1 heterocycles. The quantitative estimate of drug-likeness (QED) is 0.190. The van der Waals surface area contributed by atoms with E-state index in [1.807, 2.05) is 0 Å². The van der Waals surface area contributed by atoms with E-state index < -0.39 is 41.8 Å². The van der Waals surface area contributed by atoms with E-state index >= 15 is 0 Å². The van der Waals surface area contributed by atoms with Gasteiger partial charge in [-0.1, -0.05) is 0 Å². The van der Waals surface area contributed by atoms with Crippen molar-refractivity contribution in [2.45, 2.75) is 24.4 Å². The molecule has 0 fully saturated rings. The number of nitrogens with zero attached hydrogens (tertiary/aromatic N) is 2. The predicted octanol–water partition coefficient (Wildman–Crippen LogP) is -1.75. The number of nitro groups is 1. The number of rotatable bonds is 8. The fourth-order valence-electron chi connectivity index (χ4n) is 1.41. The smallest absolute Gasteiger partial charge is 0.400 e. The Morgan fingerprint density at radius 3 is 2.48 bits per heavy atom. The molecule has 0 aliphatic heterocycles. The highest BCUT2D eigenvalue weighted by Crippen LogP contribution is 2.14. The molecular formula is C11H14N2O8. The van der Waals surface area contributed by atoms with Crippen molar-refractivity contribution < 1.29 is 34.6 Å². The van der Waals surface area contributed by atoms with Crippen LogP contribution in [-0.4, -0.2) is 68.8 Å². The van der Waals surface area contributed by atoms with Gasteiger partial charge in [0, 0.05) is 0 Å². The van der Waals surface area contributed by atoms with Gasteiger partial charge in [0.15, 0.2) is 5.76 Å². The summed E-state index contributed by atoms with van der Waals surface area (Å²) in [5.74, 6) is -0.548. The summed E-state index contributed by atoms with van der Waals surface area (Å²) in [6.07, 6.45) is -4.00. The van der Waals surface area contributed by atoms with Gasteiger partial charge in [0.2, 0.25) is 0 Å². The zero-order chi connectivity index (χ0) is 16.0. The van der Waals surface area contributed by atoms with Crippen molar-refractivity contribution >= 4 is 18.4 Å². The van der Waals surface area contributed by atoms with Crippen LogP contribution in [0.4, 0.5) is 5.88 Å². The van der Waals surface area contributed by atoms with Crippen molar-refractivity contribution in [1.29, 1.82) is 0 Å². The van der Waals surface area contributed by atoms with Gasteiger partial charge in [0.25, 0.3) is 0 Å². The third-order valence-electron chi connectivity index (χ3n) is 2.59. The number of carbonyl (C=O) groups is 1. The second-order valence-corrected chi connectivity index (χ2v) is 4.07. The molecule has 4 atom stereocenters. The van der Waals surface area contributed by atoms with Crippen LogP contribution in [-0.2, 0) is 4.79 Å². The second-order valence-electron chi connectivity index (χ2n) is 4.07. The minimum absolute atomic E-state index is 0.0297. The maximum atomic E-state index is 10.8. The van der Waals surface area contributed by atoms with Gasteiger partial charge in [-0.05, 0) is 6.07 Å². The average Bonchev–Trinajstić information content (AvgIpc) is 2.95. The fourth-order valence-corrected chi connectivity index (χ4v) is 1.41. The van der Waals surface area contributed by atoms with Crippen LogP contribution in [0.1, 0.15) is 5.76 Å². The van der Waals surface area contributed by atoms with Crippen LogP contribution >= 0.6 is 0 Å². The third-order valence-corrected chi connectivity index (χ3v) is 2.59.